The summed E-state index contributed by atoms with van der Waals surface area (Å²) in [6, 6.07) is 8.15. The van der Waals surface area contributed by atoms with Crippen molar-refractivity contribution in [1.29, 1.82) is 0 Å². The monoisotopic (exact) mass is 331 g/mol. The first kappa shape index (κ1) is 15.5. The second-order valence-corrected chi connectivity index (χ2v) is 6.57. The molecular formula is C13H18BrNO2S. The smallest absolute Gasteiger partial charge is 0.323 e. The lowest BCUT2D eigenvalue weighted by Gasteiger charge is -2.18. The molecule has 5 heteroatoms. The third-order valence-electron chi connectivity index (χ3n) is 2.64. The van der Waals surface area contributed by atoms with Crippen molar-refractivity contribution in [2.75, 3.05) is 5.75 Å². The summed E-state index contributed by atoms with van der Waals surface area (Å²) < 4.78 is 1.08. The predicted octanol–water partition coefficient (Wildman–Crippen LogP) is 3.51. The fourth-order valence-corrected chi connectivity index (χ4v) is 2.97. The highest BCUT2D eigenvalue weighted by molar-refractivity contribution is 9.10. The summed E-state index contributed by atoms with van der Waals surface area (Å²) in [6.45, 7) is 1.57. The zero-order chi connectivity index (χ0) is 13.6. The minimum atomic E-state index is -1.10. The Morgan fingerprint density at radius 3 is 2.83 bits per heavy atom. The highest BCUT2D eigenvalue weighted by Crippen LogP contribution is 2.23. The van der Waals surface area contributed by atoms with Crippen LogP contribution in [0.2, 0.25) is 0 Å². The topological polar surface area (TPSA) is 63.3 Å². The van der Waals surface area contributed by atoms with Gasteiger partial charge in [-0.1, -0.05) is 28.4 Å². The summed E-state index contributed by atoms with van der Waals surface area (Å²) in [7, 11) is 0. The molecule has 0 aliphatic rings. The van der Waals surface area contributed by atoms with Crippen LogP contribution in [-0.2, 0) is 4.79 Å². The molecule has 1 atom stereocenters. The van der Waals surface area contributed by atoms with Crippen LogP contribution in [0.4, 0.5) is 0 Å². The van der Waals surface area contributed by atoms with Crippen LogP contribution in [0.3, 0.4) is 0 Å². The Kier molecular flexibility index (Phi) is 6.18. The maximum atomic E-state index is 10.8. The molecule has 1 aromatic carbocycles. The Morgan fingerprint density at radius 1 is 1.50 bits per heavy atom. The molecule has 1 unspecified atom stereocenters. The van der Waals surface area contributed by atoms with Crippen molar-refractivity contribution in [2.45, 2.75) is 36.6 Å². The van der Waals surface area contributed by atoms with Gasteiger partial charge < -0.3 is 10.8 Å². The van der Waals surface area contributed by atoms with Gasteiger partial charge in [-0.3, -0.25) is 4.79 Å². The minimum absolute atomic E-state index is 0.515. The van der Waals surface area contributed by atoms with E-state index >= 15 is 0 Å². The van der Waals surface area contributed by atoms with E-state index in [1.807, 2.05) is 12.1 Å². The number of aliphatic carboxylic acids is 1. The van der Waals surface area contributed by atoms with Gasteiger partial charge in [0.1, 0.15) is 5.54 Å². The van der Waals surface area contributed by atoms with Gasteiger partial charge >= 0.3 is 5.97 Å². The van der Waals surface area contributed by atoms with Crippen molar-refractivity contribution in [2.24, 2.45) is 5.73 Å². The van der Waals surface area contributed by atoms with E-state index in [1.165, 1.54) is 4.90 Å². The van der Waals surface area contributed by atoms with Crippen molar-refractivity contribution >= 4 is 33.7 Å². The van der Waals surface area contributed by atoms with E-state index in [0.29, 0.717) is 6.42 Å². The average Bonchev–Trinajstić information content (AvgIpc) is 2.28. The van der Waals surface area contributed by atoms with E-state index < -0.39 is 11.5 Å². The molecule has 1 rings (SSSR count). The van der Waals surface area contributed by atoms with Crippen LogP contribution < -0.4 is 5.73 Å². The third-order valence-corrected chi connectivity index (χ3v) is 4.22. The van der Waals surface area contributed by atoms with Crippen LogP contribution in [0.25, 0.3) is 0 Å². The molecule has 0 aliphatic heterocycles. The van der Waals surface area contributed by atoms with Crippen molar-refractivity contribution < 1.29 is 9.90 Å². The fraction of sp³-hybridized carbons (Fsp3) is 0.462. The largest absolute Gasteiger partial charge is 0.480 e. The molecule has 3 nitrogen and oxygen atoms in total. The van der Waals surface area contributed by atoms with Crippen LogP contribution in [-0.4, -0.2) is 22.4 Å². The lowest BCUT2D eigenvalue weighted by Crippen LogP contribution is -2.44. The van der Waals surface area contributed by atoms with E-state index in [9.17, 15) is 4.79 Å². The summed E-state index contributed by atoms with van der Waals surface area (Å²) in [5.41, 5.74) is 4.56. The summed E-state index contributed by atoms with van der Waals surface area (Å²) in [5, 5.41) is 8.87. The SMILES string of the molecule is CC(N)(CCCCSc1cccc(Br)c1)C(=O)O. The molecule has 18 heavy (non-hydrogen) atoms. The van der Waals surface area contributed by atoms with Crippen LogP contribution in [0.1, 0.15) is 26.2 Å². The Balaban J connectivity index is 2.22. The van der Waals surface area contributed by atoms with Gasteiger partial charge in [0.15, 0.2) is 0 Å². The zero-order valence-corrected chi connectivity index (χ0v) is 12.8. The van der Waals surface area contributed by atoms with Crippen molar-refractivity contribution in [3.8, 4) is 0 Å². The number of hydrogen-bond donors (Lipinski definition) is 2. The zero-order valence-electron chi connectivity index (χ0n) is 10.4. The standard InChI is InChI=1S/C13H18BrNO2S/c1-13(15,12(16)17)7-2-3-8-18-11-6-4-5-10(14)9-11/h4-6,9H,2-3,7-8,15H2,1H3,(H,16,17). The highest BCUT2D eigenvalue weighted by atomic mass is 79.9. The molecular weight excluding hydrogens is 314 g/mol. The van der Waals surface area contributed by atoms with E-state index in [-0.39, 0.29) is 0 Å². The molecule has 0 spiro atoms. The van der Waals surface area contributed by atoms with Gasteiger partial charge in [-0.05, 0) is 43.7 Å². The summed E-state index contributed by atoms with van der Waals surface area (Å²) in [5.74, 6) is 0.0498. The van der Waals surface area contributed by atoms with Crippen LogP contribution >= 0.6 is 27.7 Å². The Bertz CT molecular complexity index is 410. The Morgan fingerprint density at radius 2 is 2.22 bits per heavy atom. The predicted molar refractivity (Wildman–Crippen MR) is 78.9 cm³/mol. The van der Waals surface area contributed by atoms with E-state index in [1.54, 1.807) is 18.7 Å². The van der Waals surface area contributed by atoms with Gasteiger partial charge in [0.05, 0.1) is 0 Å². The maximum Gasteiger partial charge on any atom is 0.323 e. The number of nitrogens with two attached hydrogens (primary N) is 1. The van der Waals surface area contributed by atoms with Gasteiger partial charge in [0.2, 0.25) is 0 Å². The number of benzene rings is 1. The van der Waals surface area contributed by atoms with Crippen LogP contribution in [0, 0.1) is 0 Å². The molecule has 1 aromatic rings. The molecule has 0 aromatic heterocycles. The molecule has 0 aliphatic carbocycles. The number of halogens is 1. The average molecular weight is 332 g/mol. The Hall–Kier alpha value is -0.520. The van der Waals surface area contributed by atoms with Crippen molar-refractivity contribution in [3.05, 3.63) is 28.7 Å². The van der Waals surface area contributed by atoms with E-state index in [0.717, 1.165) is 23.1 Å². The molecule has 0 bridgehead atoms. The van der Waals surface area contributed by atoms with Gasteiger partial charge in [0, 0.05) is 9.37 Å². The number of hydrogen-bond acceptors (Lipinski definition) is 3. The molecule has 0 heterocycles. The maximum absolute atomic E-state index is 10.8. The third kappa shape index (κ3) is 5.42. The second kappa shape index (κ2) is 7.16. The first-order valence-electron chi connectivity index (χ1n) is 5.82. The number of rotatable bonds is 7. The molecule has 0 saturated carbocycles. The minimum Gasteiger partial charge on any atom is -0.480 e. The first-order valence-corrected chi connectivity index (χ1v) is 7.60. The molecule has 0 radical (unpaired) electrons. The van der Waals surface area contributed by atoms with E-state index in [4.69, 9.17) is 10.8 Å². The molecule has 3 N–H and O–H groups in total. The summed E-state index contributed by atoms with van der Waals surface area (Å²) in [4.78, 5) is 12.0. The van der Waals surface area contributed by atoms with Gasteiger partial charge in [-0.25, -0.2) is 0 Å². The van der Waals surface area contributed by atoms with Gasteiger partial charge in [-0.2, -0.15) is 0 Å². The quantitative estimate of drug-likeness (QED) is 0.592. The molecule has 0 saturated heterocycles. The molecule has 100 valence electrons. The fourth-order valence-electron chi connectivity index (χ4n) is 1.45. The molecule has 0 fully saturated rings. The summed E-state index contributed by atoms with van der Waals surface area (Å²) >= 11 is 5.21. The lowest BCUT2D eigenvalue weighted by atomic mass is 9.97. The Labute approximate surface area is 120 Å². The number of carboxylic acids is 1. The summed E-state index contributed by atoms with van der Waals surface area (Å²) in [6.07, 6.45) is 2.32. The first-order chi connectivity index (χ1) is 8.42. The normalized spacial score (nSPS) is 14.2. The van der Waals surface area contributed by atoms with Crippen molar-refractivity contribution in [1.82, 2.24) is 0 Å². The number of unbranched alkanes of at least 4 members (excludes halogenated alkanes) is 1. The van der Waals surface area contributed by atoms with Crippen LogP contribution in [0.15, 0.2) is 33.6 Å². The van der Waals surface area contributed by atoms with E-state index in [2.05, 4.69) is 28.1 Å². The lowest BCUT2D eigenvalue weighted by molar-refractivity contribution is -0.142. The number of carboxylic acid groups (broad SMARTS) is 1. The van der Waals surface area contributed by atoms with Gasteiger partial charge in [-0.15, -0.1) is 11.8 Å². The van der Waals surface area contributed by atoms with Crippen molar-refractivity contribution in [3.63, 3.8) is 0 Å². The number of carbonyl (C=O) groups is 1. The number of thioether (sulfide) groups is 1. The highest BCUT2D eigenvalue weighted by Gasteiger charge is 2.26. The second-order valence-electron chi connectivity index (χ2n) is 4.49. The molecule has 0 amide bonds. The van der Waals surface area contributed by atoms with Crippen LogP contribution in [0.5, 0.6) is 0 Å². The van der Waals surface area contributed by atoms with Gasteiger partial charge in [0.25, 0.3) is 0 Å².